The molecular formula is C19H17N3O4S. The van der Waals surface area contributed by atoms with Crippen molar-refractivity contribution in [2.24, 2.45) is 0 Å². The molecule has 2 aromatic carbocycles. The zero-order chi connectivity index (χ0) is 19.4. The molecule has 1 N–H and O–H groups in total. The van der Waals surface area contributed by atoms with Crippen LogP contribution in [0.2, 0.25) is 0 Å². The van der Waals surface area contributed by atoms with Gasteiger partial charge in [0.2, 0.25) is 0 Å². The third-order valence-corrected chi connectivity index (χ3v) is 5.10. The van der Waals surface area contributed by atoms with Gasteiger partial charge in [0, 0.05) is 36.7 Å². The molecule has 0 fully saturated rings. The van der Waals surface area contributed by atoms with Gasteiger partial charge in [0.25, 0.3) is 5.69 Å². The third kappa shape index (κ3) is 4.68. The lowest BCUT2D eigenvalue weighted by Gasteiger charge is -2.07. The van der Waals surface area contributed by atoms with Gasteiger partial charge in [0.15, 0.2) is 9.84 Å². The van der Waals surface area contributed by atoms with Crippen LogP contribution >= 0.6 is 0 Å². The van der Waals surface area contributed by atoms with Crippen LogP contribution in [-0.2, 0) is 16.4 Å². The maximum Gasteiger partial charge on any atom is 0.269 e. The van der Waals surface area contributed by atoms with E-state index in [1.165, 1.54) is 18.4 Å². The second kappa shape index (κ2) is 7.55. The fourth-order valence-corrected chi connectivity index (χ4v) is 3.17. The number of nitrogens with one attached hydrogen (secondary N) is 1. The van der Waals surface area contributed by atoms with Crippen molar-refractivity contribution in [3.8, 4) is 11.1 Å². The number of pyridine rings is 1. The second-order valence-corrected chi connectivity index (χ2v) is 8.02. The van der Waals surface area contributed by atoms with Gasteiger partial charge in [-0.25, -0.2) is 13.4 Å². The largest absolute Gasteiger partial charge is 0.366 e. The first-order valence-corrected chi connectivity index (χ1v) is 9.96. The predicted octanol–water partition coefficient (Wildman–Crippen LogP) is 3.67. The summed E-state index contributed by atoms with van der Waals surface area (Å²) in [7, 11) is -3.22. The lowest BCUT2D eigenvalue weighted by atomic mass is 10.1. The standard InChI is InChI=1S/C19H17N3O4S/c1-27(25,26)18-8-5-15(6-9-18)16-7-10-19(21-13-16)20-12-14-3-2-4-17(11-14)22(23)24/h2-11,13H,12H2,1H3,(H,20,21). The number of hydrogen-bond donors (Lipinski definition) is 1. The summed E-state index contributed by atoms with van der Waals surface area (Å²) in [6, 6.07) is 16.7. The molecule has 0 atom stereocenters. The number of nitro groups is 1. The highest BCUT2D eigenvalue weighted by atomic mass is 32.2. The van der Waals surface area contributed by atoms with Crippen molar-refractivity contribution < 1.29 is 13.3 Å². The van der Waals surface area contributed by atoms with Crippen LogP contribution in [0, 0.1) is 10.1 Å². The highest BCUT2D eigenvalue weighted by Crippen LogP contribution is 2.22. The zero-order valence-electron chi connectivity index (χ0n) is 14.5. The van der Waals surface area contributed by atoms with E-state index in [-0.39, 0.29) is 10.6 Å². The lowest BCUT2D eigenvalue weighted by Crippen LogP contribution is -2.01. The van der Waals surface area contributed by atoms with Gasteiger partial charge in [0.1, 0.15) is 5.82 Å². The van der Waals surface area contributed by atoms with E-state index in [9.17, 15) is 18.5 Å². The Kier molecular flexibility index (Phi) is 5.18. The van der Waals surface area contributed by atoms with E-state index in [0.29, 0.717) is 12.4 Å². The van der Waals surface area contributed by atoms with E-state index < -0.39 is 14.8 Å². The fraction of sp³-hybridized carbons (Fsp3) is 0.105. The van der Waals surface area contributed by atoms with Crippen LogP contribution in [0.3, 0.4) is 0 Å². The van der Waals surface area contributed by atoms with Crippen molar-refractivity contribution >= 4 is 21.3 Å². The lowest BCUT2D eigenvalue weighted by molar-refractivity contribution is -0.384. The molecule has 3 rings (SSSR count). The summed E-state index contributed by atoms with van der Waals surface area (Å²) < 4.78 is 23.0. The maximum atomic E-state index is 11.5. The average Bonchev–Trinajstić information content (AvgIpc) is 2.66. The van der Waals surface area contributed by atoms with E-state index in [2.05, 4.69) is 10.3 Å². The van der Waals surface area contributed by atoms with Crippen LogP contribution in [-0.4, -0.2) is 24.6 Å². The topological polar surface area (TPSA) is 102 Å². The van der Waals surface area contributed by atoms with Crippen LogP contribution in [0.25, 0.3) is 11.1 Å². The van der Waals surface area contributed by atoms with Gasteiger partial charge in [-0.05, 0) is 35.4 Å². The van der Waals surface area contributed by atoms with E-state index in [4.69, 9.17) is 0 Å². The number of nitrogens with zero attached hydrogens (tertiary/aromatic N) is 2. The van der Waals surface area contributed by atoms with Crippen molar-refractivity contribution in [1.82, 2.24) is 4.98 Å². The molecule has 138 valence electrons. The molecule has 0 amide bonds. The summed E-state index contributed by atoms with van der Waals surface area (Å²) >= 11 is 0. The van der Waals surface area contributed by atoms with E-state index in [1.54, 1.807) is 48.7 Å². The Labute approximate surface area is 156 Å². The minimum absolute atomic E-state index is 0.0511. The molecule has 0 unspecified atom stereocenters. The number of anilines is 1. The first-order valence-electron chi connectivity index (χ1n) is 8.07. The van der Waals surface area contributed by atoms with Crippen LogP contribution in [0.5, 0.6) is 0 Å². The molecule has 1 aromatic heterocycles. The van der Waals surface area contributed by atoms with Gasteiger partial charge in [-0.2, -0.15) is 0 Å². The van der Waals surface area contributed by atoms with Crippen LogP contribution < -0.4 is 5.32 Å². The number of non-ortho nitro benzene ring substituents is 1. The number of sulfone groups is 1. The SMILES string of the molecule is CS(=O)(=O)c1ccc(-c2ccc(NCc3cccc([N+](=O)[O-])c3)nc2)cc1. The summed E-state index contributed by atoms with van der Waals surface area (Å²) in [6.45, 7) is 0.414. The third-order valence-electron chi connectivity index (χ3n) is 3.97. The Bertz CT molecular complexity index is 1060. The van der Waals surface area contributed by atoms with Crippen LogP contribution in [0.4, 0.5) is 11.5 Å². The normalized spacial score (nSPS) is 11.1. The van der Waals surface area contributed by atoms with Crippen molar-refractivity contribution in [3.05, 3.63) is 82.5 Å². The smallest absolute Gasteiger partial charge is 0.269 e. The molecule has 1 heterocycles. The Morgan fingerprint density at radius 2 is 1.74 bits per heavy atom. The zero-order valence-corrected chi connectivity index (χ0v) is 15.3. The molecule has 7 nitrogen and oxygen atoms in total. The monoisotopic (exact) mass is 383 g/mol. The fourth-order valence-electron chi connectivity index (χ4n) is 2.54. The molecule has 0 saturated carbocycles. The summed E-state index contributed by atoms with van der Waals surface area (Å²) in [6.07, 6.45) is 2.86. The average molecular weight is 383 g/mol. The molecule has 0 bridgehead atoms. The molecule has 0 aliphatic heterocycles. The number of nitro benzene ring substituents is 1. The van der Waals surface area contributed by atoms with Gasteiger partial charge in [-0.3, -0.25) is 10.1 Å². The number of hydrogen-bond acceptors (Lipinski definition) is 6. The van der Waals surface area contributed by atoms with Gasteiger partial charge >= 0.3 is 0 Å². The molecule has 0 spiro atoms. The Morgan fingerprint density at radius 1 is 1.04 bits per heavy atom. The number of benzene rings is 2. The molecule has 0 aliphatic carbocycles. The minimum Gasteiger partial charge on any atom is -0.366 e. The molecule has 3 aromatic rings. The predicted molar refractivity (Wildman–Crippen MR) is 103 cm³/mol. The van der Waals surface area contributed by atoms with Gasteiger partial charge < -0.3 is 5.32 Å². The van der Waals surface area contributed by atoms with E-state index in [0.717, 1.165) is 16.7 Å². The first-order chi connectivity index (χ1) is 12.8. The molecule has 0 aliphatic rings. The molecule has 0 radical (unpaired) electrons. The van der Waals surface area contributed by atoms with Crippen LogP contribution in [0.1, 0.15) is 5.56 Å². The van der Waals surface area contributed by atoms with E-state index in [1.807, 2.05) is 6.07 Å². The first kappa shape index (κ1) is 18.5. The minimum atomic E-state index is -3.22. The highest BCUT2D eigenvalue weighted by molar-refractivity contribution is 7.90. The Morgan fingerprint density at radius 3 is 2.33 bits per heavy atom. The molecule has 8 heteroatoms. The van der Waals surface area contributed by atoms with Gasteiger partial charge in [-0.15, -0.1) is 0 Å². The highest BCUT2D eigenvalue weighted by Gasteiger charge is 2.08. The Balaban J connectivity index is 1.68. The van der Waals surface area contributed by atoms with Crippen molar-refractivity contribution in [2.45, 2.75) is 11.4 Å². The van der Waals surface area contributed by atoms with Gasteiger partial charge in [0.05, 0.1) is 9.82 Å². The van der Waals surface area contributed by atoms with Gasteiger partial charge in [-0.1, -0.05) is 24.3 Å². The summed E-state index contributed by atoms with van der Waals surface area (Å²) in [5.41, 5.74) is 2.55. The van der Waals surface area contributed by atoms with E-state index >= 15 is 0 Å². The Hall–Kier alpha value is -3.26. The summed E-state index contributed by atoms with van der Waals surface area (Å²) in [5.74, 6) is 0.637. The van der Waals surface area contributed by atoms with Crippen molar-refractivity contribution in [1.29, 1.82) is 0 Å². The quantitative estimate of drug-likeness (QED) is 0.515. The summed E-state index contributed by atoms with van der Waals surface area (Å²) in [5, 5.41) is 13.9. The van der Waals surface area contributed by atoms with Crippen molar-refractivity contribution in [3.63, 3.8) is 0 Å². The number of aromatic nitrogens is 1. The maximum absolute atomic E-state index is 11.5. The summed E-state index contributed by atoms with van der Waals surface area (Å²) in [4.78, 5) is 15.0. The second-order valence-electron chi connectivity index (χ2n) is 6.01. The molecule has 0 saturated heterocycles. The number of rotatable bonds is 6. The van der Waals surface area contributed by atoms with Crippen LogP contribution in [0.15, 0.2) is 71.8 Å². The molecule has 27 heavy (non-hydrogen) atoms. The molecular weight excluding hydrogens is 366 g/mol. The van der Waals surface area contributed by atoms with Crippen molar-refractivity contribution in [2.75, 3.05) is 11.6 Å².